The fraction of sp³-hybridized carbons (Fsp3) is 0.300. The molecule has 1 aromatic rings. The van der Waals surface area contributed by atoms with E-state index >= 15 is 0 Å². The molecule has 0 aliphatic rings. The second-order valence-corrected chi connectivity index (χ2v) is 2.88. The zero-order valence-electron chi connectivity index (χ0n) is 8.20. The van der Waals surface area contributed by atoms with Crippen molar-refractivity contribution >= 4 is 11.7 Å². The third-order valence-corrected chi connectivity index (χ3v) is 2.09. The molecule has 4 heteroatoms. The number of carbonyl (C=O) groups is 1. The van der Waals surface area contributed by atoms with Gasteiger partial charge in [-0.15, -0.1) is 0 Å². The predicted molar refractivity (Wildman–Crippen MR) is 53.7 cm³/mol. The average Bonchev–Trinajstić information content (AvgIpc) is 2.16. The SMILES string of the molecule is CCc1ccc(C(=O)O)c(N)c1OC. The van der Waals surface area contributed by atoms with Crippen molar-refractivity contribution in [3.8, 4) is 5.75 Å². The van der Waals surface area contributed by atoms with Gasteiger partial charge in [-0.3, -0.25) is 0 Å². The monoisotopic (exact) mass is 195 g/mol. The maximum absolute atomic E-state index is 10.8. The minimum atomic E-state index is -1.04. The Morgan fingerprint density at radius 1 is 1.57 bits per heavy atom. The highest BCUT2D eigenvalue weighted by molar-refractivity contribution is 5.95. The van der Waals surface area contributed by atoms with Gasteiger partial charge in [0, 0.05) is 0 Å². The zero-order chi connectivity index (χ0) is 10.7. The zero-order valence-corrected chi connectivity index (χ0v) is 8.20. The number of aryl methyl sites for hydroxylation is 1. The number of anilines is 1. The molecule has 0 saturated heterocycles. The molecule has 0 atom stereocenters. The molecular formula is C10H13NO3. The van der Waals surface area contributed by atoms with Crippen molar-refractivity contribution in [2.75, 3.05) is 12.8 Å². The molecule has 0 aliphatic carbocycles. The molecule has 3 N–H and O–H groups in total. The quantitative estimate of drug-likeness (QED) is 0.717. The summed E-state index contributed by atoms with van der Waals surface area (Å²) in [5.41, 5.74) is 6.85. The second-order valence-electron chi connectivity index (χ2n) is 2.88. The number of aromatic carboxylic acids is 1. The molecule has 1 aromatic carbocycles. The Balaban J connectivity index is 3.34. The molecule has 0 heterocycles. The lowest BCUT2D eigenvalue weighted by molar-refractivity contribution is 0.0697. The summed E-state index contributed by atoms with van der Waals surface area (Å²) in [4.78, 5) is 10.8. The van der Waals surface area contributed by atoms with Crippen LogP contribution in [0.1, 0.15) is 22.8 Å². The number of rotatable bonds is 3. The third kappa shape index (κ3) is 1.64. The van der Waals surface area contributed by atoms with Crippen molar-refractivity contribution in [3.05, 3.63) is 23.3 Å². The van der Waals surface area contributed by atoms with Crippen LogP contribution < -0.4 is 10.5 Å². The third-order valence-electron chi connectivity index (χ3n) is 2.09. The molecular weight excluding hydrogens is 182 g/mol. The Bertz CT molecular complexity index is 361. The molecule has 0 aromatic heterocycles. The first-order valence-electron chi connectivity index (χ1n) is 4.30. The van der Waals surface area contributed by atoms with E-state index in [1.165, 1.54) is 13.2 Å². The van der Waals surface area contributed by atoms with E-state index in [1.54, 1.807) is 6.07 Å². The number of benzene rings is 1. The number of methoxy groups -OCH3 is 1. The Morgan fingerprint density at radius 3 is 2.64 bits per heavy atom. The van der Waals surface area contributed by atoms with Gasteiger partial charge in [-0.05, 0) is 18.1 Å². The van der Waals surface area contributed by atoms with Crippen LogP contribution in [0, 0.1) is 0 Å². The smallest absolute Gasteiger partial charge is 0.337 e. The molecule has 0 saturated carbocycles. The molecule has 14 heavy (non-hydrogen) atoms. The van der Waals surface area contributed by atoms with E-state index < -0.39 is 5.97 Å². The van der Waals surface area contributed by atoms with Crippen molar-refractivity contribution in [2.45, 2.75) is 13.3 Å². The van der Waals surface area contributed by atoms with Gasteiger partial charge in [-0.1, -0.05) is 13.0 Å². The first-order chi connectivity index (χ1) is 6.61. The molecule has 76 valence electrons. The average molecular weight is 195 g/mol. The first kappa shape index (κ1) is 10.4. The summed E-state index contributed by atoms with van der Waals surface area (Å²) >= 11 is 0. The van der Waals surface area contributed by atoms with E-state index in [0.29, 0.717) is 5.75 Å². The van der Waals surface area contributed by atoms with E-state index in [-0.39, 0.29) is 11.3 Å². The van der Waals surface area contributed by atoms with E-state index in [2.05, 4.69) is 0 Å². The fourth-order valence-corrected chi connectivity index (χ4v) is 1.35. The van der Waals surface area contributed by atoms with Gasteiger partial charge in [-0.25, -0.2) is 4.79 Å². The number of hydrogen-bond donors (Lipinski definition) is 2. The van der Waals surface area contributed by atoms with E-state index in [0.717, 1.165) is 12.0 Å². The lowest BCUT2D eigenvalue weighted by atomic mass is 10.1. The van der Waals surface area contributed by atoms with Gasteiger partial charge in [0.15, 0.2) is 0 Å². The first-order valence-corrected chi connectivity index (χ1v) is 4.30. The van der Waals surface area contributed by atoms with Gasteiger partial charge in [0.1, 0.15) is 5.75 Å². The highest BCUT2D eigenvalue weighted by Gasteiger charge is 2.14. The molecule has 0 unspecified atom stereocenters. The van der Waals surface area contributed by atoms with Crippen molar-refractivity contribution in [1.82, 2.24) is 0 Å². The summed E-state index contributed by atoms with van der Waals surface area (Å²) in [6.45, 7) is 1.96. The van der Waals surface area contributed by atoms with Gasteiger partial charge < -0.3 is 15.6 Å². The maximum Gasteiger partial charge on any atom is 0.337 e. The highest BCUT2D eigenvalue weighted by atomic mass is 16.5. The molecule has 0 spiro atoms. The van der Waals surface area contributed by atoms with Gasteiger partial charge in [0.05, 0.1) is 18.4 Å². The fourth-order valence-electron chi connectivity index (χ4n) is 1.35. The largest absolute Gasteiger partial charge is 0.494 e. The number of carboxylic acid groups (broad SMARTS) is 1. The lowest BCUT2D eigenvalue weighted by Gasteiger charge is -2.11. The van der Waals surface area contributed by atoms with Gasteiger partial charge in [0.25, 0.3) is 0 Å². The van der Waals surface area contributed by atoms with Crippen LogP contribution in [0.2, 0.25) is 0 Å². The minimum Gasteiger partial charge on any atom is -0.494 e. The van der Waals surface area contributed by atoms with E-state index in [1.807, 2.05) is 6.92 Å². The molecule has 0 fully saturated rings. The number of nitrogen functional groups attached to an aromatic ring is 1. The van der Waals surface area contributed by atoms with Crippen LogP contribution in [0.15, 0.2) is 12.1 Å². The van der Waals surface area contributed by atoms with Crippen LogP contribution in [0.5, 0.6) is 5.75 Å². The standard InChI is InChI=1S/C10H13NO3/c1-3-6-4-5-7(10(12)13)8(11)9(6)14-2/h4-5H,3,11H2,1-2H3,(H,12,13). The molecule has 0 bridgehead atoms. The maximum atomic E-state index is 10.8. The van der Waals surface area contributed by atoms with Gasteiger partial charge in [-0.2, -0.15) is 0 Å². The highest BCUT2D eigenvalue weighted by Crippen LogP contribution is 2.30. The van der Waals surface area contributed by atoms with Crippen LogP contribution in [0.25, 0.3) is 0 Å². The molecule has 1 rings (SSSR count). The molecule has 0 radical (unpaired) electrons. The Kier molecular flexibility index (Phi) is 2.96. The van der Waals surface area contributed by atoms with Crippen LogP contribution >= 0.6 is 0 Å². The number of hydrogen-bond acceptors (Lipinski definition) is 3. The predicted octanol–water partition coefficient (Wildman–Crippen LogP) is 1.54. The minimum absolute atomic E-state index is 0.0825. The van der Waals surface area contributed by atoms with E-state index in [9.17, 15) is 4.79 Å². The van der Waals surface area contributed by atoms with Crippen molar-refractivity contribution in [2.24, 2.45) is 0 Å². The Labute approximate surface area is 82.3 Å². The summed E-state index contributed by atoms with van der Waals surface area (Å²) in [5, 5.41) is 8.81. The van der Waals surface area contributed by atoms with Crippen LogP contribution in [-0.4, -0.2) is 18.2 Å². The van der Waals surface area contributed by atoms with Crippen LogP contribution in [0.3, 0.4) is 0 Å². The lowest BCUT2D eigenvalue weighted by Crippen LogP contribution is -2.06. The van der Waals surface area contributed by atoms with Crippen LogP contribution in [-0.2, 0) is 6.42 Å². The van der Waals surface area contributed by atoms with Gasteiger partial charge >= 0.3 is 5.97 Å². The van der Waals surface area contributed by atoms with Crippen LogP contribution in [0.4, 0.5) is 5.69 Å². The topological polar surface area (TPSA) is 72.5 Å². The van der Waals surface area contributed by atoms with Crippen molar-refractivity contribution in [1.29, 1.82) is 0 Å². The number of nitrogens with two attached hydrogens (primary N) is 1. The van der Waals surface area contributed by atoms with Crippen molar-refractivity contribution < 1.29 is 14.6 Å². The summed E-state index contributed by atoms with van der Waals surface area (Å²) in [7, 11) is 1.48. The number of ether oxygens (including phenoxy) is 1. The summed E-state index contributed by atoms with van der Waals surface area (Å²) in [5.74, 6) is -0.573. The molecule has 0 aliphatic heterocycles. The van der Waals surface area contributed by atoms with Crippen molar-refractivity contribution in [3.63, 3.8) is 0 Å². The summed E-state index contributed by atoms with van der Waals surface area (Å²) in [6.07, 6.45) is 0.757. The second kappa shape index (κ2) is 4.00. The Hall–Kier alpha value is -1.71. The summed E-state index contributed by atoms with van der Waals surface area (Å²) in [6, 6.07) is 3.22. The molecule has 0 amide bonds. The number of carboxylic acids is 1. The normalized spacial score (nSPS) is 9.86. The Morgan fingerprint density at radius 2 is 2.21 bits per heavy atom. The van der Waals surface area contributed by atoms with E-state index in [4.69, 9.17) is 15.6 Å². The summed E-state index contributed by atoms with van der Waals surface area (Å²) < 4.78 is 5.07. The molecule has 4 nitrogen and oxygen atoms in total. The van der Waals surface area contributed by atoms with Gasteiger partial charge in [0.2, 0.25) is 0 Å².